The van der Waals surface area contributed by atoms with Crippen molar-refractivity contribution in [2.45, 2.75) is 6.04 Å². The third kappa shape index (κ3) is 2.56. The number of hydrazine groups is 1. The van der Waals surface area contributed by atoms with Gasteiger partial charge in [-0.05, 0) is 29.8 Å². The van der Waals surface area contributed by atoms with Gasteiger partial charge in [0.15, 0.2) is 11.5 Å². The summed E-state index contributed by atoms with van der Waals surface area (Å²) >= 11 is 0. The normalized spacial score (nSPS) is 12.0. The number of methoxy groups -OCH3 is 3. The molecule has 2 aromatic rings. The molecule has 108 valence electrons. The Labute approximate surface area is 117 Å². The fourth-order valence-electron chi connectivity index (χ4n) is 2.07. The highest BCUT2D eigenvalue weighted by molar-refractivity contribution is 5.55. The van der Waals surface area contributed by atoms with Crippen molar-refractivity contribution in [2.24, 2.45) is 5.84 Å². The standard InChI is InChI=1S/C14H18N2O4/c1-17-11-7-9(8-12(18-2)14(11)19-3)13(16-15)10-5-4-6-20-10/h4-8,13,16H,15H2,1-3H3. The first kappa shape index (κ1) is 14.2. The first-order chi connectivity index (χ1) is 9.74. The summed E-state index contributed by atoms with van der Waals surface area (Å²) < 4.78 is 21.3. The second-order valence-corrected chi connectivity index (χ2v) is 4.07. The molecule has 6 nitrogen and oxygen atoms in total. The van der Waals surface area contributed by atoms with E-state index in [0.717, 1.165) is 5.56 Å². The molecular formula is C14H18N2O4. The van der Waals surface area contributed by atoms with Gasteiger partial charge < -0.3 is 18.6 Å². The van der Waals surface area contributed by atoms with Crippen molar-refractivity contribution in [3.8, 4) is 17.2 Å². The van der Waals surface area contributed by atoms with Crippen LogP contribution < -0.4 is 25.5 Å². The molecule has 1 unspecified atom stereocenters. The number of hydrogen-bond donors (Lipinski definition) is 2. The van der Waals surface area contributed by atoms with Gasteiger partial charge in [-0.1, -0.05) is 0 Å². The summed E-state index contributed by atoms with van der Waals surface area (Å²) in [6.07, 6.45) is 1.59. The van der Waals surface area contributed by atoms with E-state index in [1.165, 1.54) is 0 Å². The van der Waals surface area contributed by atoms with Gasteiger partial charge in [0.2, 0.25) is 5.75 Å². The highest BCUT2D eigenvalue weighted by atomic mass is 16.5. The van der Waals surface area contributed by atoms with Crippen LogP contribution in [0.2, 0.25) is 0 Å². The van der Waals surface area contributed by atoms with Gasteiger partial charge in [0.25, 0.3) is 0 Å². The van der Waals surface area contributed by atoms with Crippen LogP contribution >= 0.6 is 0 Å². The summed E-state index contributed by atoms with van der Waals surface area (Å²) in [7, 11) is 4.70. The zero-order chi connectivity index (χ0) is 14.5. The number of nitrogens with one attached hydrogen (secondary N) is 1. The highest BCUT2D eigenvalue weighted by Gasteiger charge is 2.20. The SMILES string of the molecule is COc1cc(C(NN)c2ccco2)cc(OC)c1OC. The smallest absolute Gasteiger partial charge is 0.203 e. The molecule has 0 saturated heterocycles. The molecular weight excluding hydrogens is 260 g/mol. The van der Waals surface area contributed by atoms with Gasteiger partial charge in [0.1, 0.15) is 11.8 Å². The van der Waals surface area contributed by atoms with E-state index in [1.54, 1.807) is 33.7 Å². The predicted octanol–water partition coefficient (Wildman–Crippen LogP) is 1.86. The average Bonchev–Trinajstić information content (AvgIpc) is 3.00. The number of nitrogens with two attached hydrogens (primary N) is 1. The first-order valence-electron chi connectivity index (χ1n) is 6.04. The average molecular weight is 278 g/mol. The summed E-state index contributed by atoms with van der Waals surface area (Å²) in [6.45, 7) is 0. The van der Waals surface area contributed by atoms with E-state index < -0.39 is 0 Å². The van der Waals surface area contributed by atoms with Gasteiger partial charge in [-0.25, -0.2) is 5.43 Å². The summed E-state index contributed by atoms with van der Waals surface area (Å²) in [5.41, 5.74) is 3.56. The molecule has 0 radical (unpaired) electrons. The molecule has 0 bridgehead atoms. The topological polar surface area (TPSA) is 78.9 Å². The number of hydrogen-bond acceptors (Lipinski definition) is 6. The van der Waals surface area contributed by atoms with Crippen molar-refractivity contribution in [3.05, 3.63) is 41.9 Å². The maximum atomic E-state index is 5.63. The maximum absolute atomic E-state index is 5.63. The monoisotopic (exact) mass is 278 g/mol. The van der Waals surface area contributed by atoms with Crippen LogP contribution in [0.4, 0.5) is 0 Å². The van der Waals surface area contributed by atoms with Gasteiger partial charge in [-0.3, -0.25) is 5.84 Å². The third-order valence-corrected chi connectivity index (χ3v) is 3.01. The van der Waals surface area contributed by atoms with E-state index in [-0.39, 0.29) is 6.04 Å². The largest absolute Gasteiger partial charge is 0.493 e. The molecule has 1 heterocycles. The summed E-state index contributed by atoms with van der Waals surface area (Å²) in [5.74, 6) is 7.99. The second-order valence-electron chi connectivity index (χ2n) is 4.07. The Hall–Kier alpha value is -2.18. The van der Waals surface area contributed by atoms with Crippen molar-refractivity contribution in [1.29, 1.82) is 0 Å². The fraction of sp³-hybridized carbons (Fsp3) is 0.286. The molecule has 0 spiro atoms. The van der Waals surface area contributed by atoms with Gasteiger partial charge in [0.05, 0.1) is 27.6 Å². The zero-order valence-corrected chi connectivity index (χ0v) is 11.7. The van der Waals surface area contributed by atoms with Crippen molar-refractivity contribution >= 4 is 0 Å². The number of ether oxygens (including phenoxy) is 3. The Morgan fingerprint density at radius 1 is 1.10 bits per heavy atom. The van der Waals surface area contributed by atoms with Crippen LogP contribution in [0.25, 0.3) is 0 Å². The molecule has 0 amide bonds. The maximum Gasteiger partial charge on any atom is 0.203 e. The lowest BCUT2D eigenvalue weighted by Crippen LogP contribution is -2.28. The van der Waals surface area contributed by atoms with Gasteiger partial charge in [-0.15, -0.1) is 0 Å². The molecule has 3 N–H and O–H groups in total. The quantitative estimate of drug-likeness (QED) is 0.620. The van der Waals surface area contributed by atoms with E-state index in [4.69, 9.17) is 24.5 Å². The van der Waals surface area contributed by atoms with Crippen LogP contribution in [0.15, 0.2) is 34.9 Å². The lowest BCUT2D eigenvalue weighted by molar-refractivity contribution is 0.323. The van der Waals surface area contributed by atoms with E-state index in [1.807, 2.05) is 18.2 Å². The minimum absolute atomic E-state index is 0.307. The number of benzene rings is 1. The molecule has 1 atom stereocenters. The van der Waals surface area contributed by atoms with Crippen LogP contribution in [0.3, 0.4) is 0 Å². The van der Waals surface area contributed by atoms with Crippen LogP contribution in [0.5, 0.6) is 17.2 Å². The summed E-state index contributed by atoms with van der Waals surface area (Å²) in [6, 6.07) is 6.99. The zero-order valence-electron chi connectivity index (χ0n) is 11.7. The van der Waals surface area contributed by atoms with E-state index >= 15 is 0 Å². The Morgan fingerprint density at radius 2 is 1.75 bits per heavy atom. The van der Waals surface area contributed by atoms with Crippen molar-refractivity contribution in [2.75, 3.05) is 21.3 Å². The van der Waals surface area contributed by atoms with Crippen molar-refractivity contribution in [1.82, 2.24) is 5.43 Å². The van der Waals surface area contributed by atoms with Crippen LogP contribution in [-0.2, 0) is 0 Å². The molecule has 0 aliphatic rings. The molecule has 0 saturated carbocycles. The van der Waals surface area contributed by atoms with Crippen molar-refractivity contribution < 1.29 is 18.6 Å². The molecule has 1 aromatic heterocycles. The number of rotatable bonds is 6. The molecule has 20 heavy (non-hydrogen) atoms. The third-order valence-electron chi connectivity index (χ3n) is 3.01. The predicted molar refractivity (Wildman–Crippen MR) is 74.0 cm³/mol. The molecule has 2 rings (SSSR count). The Bertz CT molecular complexity index is 529. The lowest BCUT2D eigenvalue weighted by atomic mass is 10.0. The van der Waals surface area contributed by atoms with Crippen LogP contribution in [0, 0.1) is 0 Å². The molecule has 0 aliphatic carbocycles. The first-order valence-corrected chi connectivity index (χ1v) is 6.04. The summed E-state index contributed by atoms with van der Waals surface area (Å²) in [5, 5.41) is 0. The van der Waals surface area contributed by atoms with Gasteiger partial charge in [0, 0.05) is 0 Å². The van der Waals surface area contributed by atoms with Gasteiger partial charge in [-0.2, -0.15) is 0 Å². The van der Waals surface area contributed by atoms with E-state index in [2.05, 4.69) is 5.43 Å². The van der Waals surface area contributed by atoms with Gasteiger partial charge >= 0.3 is 0 Å². The lowest BCUT2D eigenvalue weighted by Gasteiger charge is -2.18. The minimum atomic E-state index is -0.307. The second kappa shape index (κ2) is 6.31. The van der Waals surface area contributed by atoms with E-state index in [0.29, 0.717) is 23.0 Å². The Morgan fingerprint density at radius 3 is 2.15 bits per heavy atom. The molecule has 0 fully saturated rings. The molecule has 1 aromatic carbocycles. The molecule has 6 heteroatoms. The van der Waals surface area contributed by atoms with Crippen LogP contribution in [-0.4, -0.2) is 21.3 Å². The van der Waals surface area contributed by atoms with E-state index in [9.17, 15) is 0 Å². The Kier molecular flexibility index (Phi) is 4.49. The fourth-order valence-corrected chi connectivity index (χ4v) is 2.07. The summed E-state index contributed by atoms with van der Waals surface area (Å²) in [4.78, 5) is 0. The number of furan rings is 1. The Balaban J connectivity index is 2.50. The minimum Gasteiger partial charge on any atom is -0.493 e. The van der Waals surface area contributed by atoms with Crippen molar-refractivity contribution in [3.63, 3.8) is 0 Å². The highest BCUT2D eigenvalue weighted by Crippen LogP contribution is 2.40. The molecule has 0 aliphatic heterocycles. The van der Waals surface area contributed by atoms with Crippen LogP contribution in [0.1, 0.15) is 17.4 Å².